The fourth-order valence-corrected chi connectivity index (χ4v) is 4.16. The van der Waals surface area contributed by atoms with E-state index in [9.17, 15) is 4.79 Å². The molecule has 0 spiro atoms. The molecule has 29 heavy (non-hydrogen) atoms. The van der Waals surface area contributed by atoms with Crippen molar-refractivity contribution in [3.8, 4) is 16.9 Å². The van der Waals surface area contributed by atoms with Gasteiger partial charge in [0.15, 0.2) is 0 Å². The number of nitrogen functional groups attached to an aromatic ring is 1. The highest BCUT2D eigenvalue weighted by atomic mass is 16.5. The van der Waals surface area contributed by atoms with E-state index in [2.05, 4.69) is 30.3 Å². The third-order valence-corrected chi connectivity index (χ3v) is 5.70. The normalized spacial score (nSPS) is 14.8. The van der Waals surface area contributed by atoms with Crippen molar-refractivity contribution >= 4 is 22.4 Å². The number of fused-ring (bicyclic) bond motifs is 1. The molecular weight excluding hydrogens is 362 g/mol. The largest absolute Gasteiger partial charge is 0.488 e. The molecule has 4 heteroatoms. The quantitative estimate of drug-likeness (QED) is 0.521. The van der Waals surface area contributed by atoms with Gasteiger partial charge in [0.05, 0.1) is 11.8 Å². The summed E-state index contributed by atoms with van der Waals surface area (Å²) in [6.45, 7) is 0. The molecule has 0 heterocycles. The van der Waals surface area contributed by atoms with E-state index < -0.39 is 5.97 Å². The van der Waals surface area contributed by atoms with Gasteiger partial charge in [-0.1, -0.05) is 42.8 Å². The number of carboxylic acids is 1. The maximum atomic E-state index is 11.0. The smallest absolute Gasteiger partial charge is 0.303 e. The van der Waals surface area contributed by atoms with Crippen LogP contribution in [-0.4, -0.2) is 17.2 Å². The van der Waals surface area contributed by atoms with Crippen molar-refractivity contribution in [2.24, 2.45) is 0 Å². The Balaban J connectivity index is 1.76. The number of rotatable bonds is 6. The second-order valence-corrected chi connectivity index (χ2v) is 7.90. The van der Waals surface area contributed by atoms with Crippen molar-refractivity contribution in [2.45, 2.75) is 51.0 Å². The number of benzene rings is 3. The molecule has 0 aromatic heterocycles. The average molecular weight is 389 g/mol. The SMILES string of the molecule is Nc1cc(CCC(=O)O)cc(-c2ccc3ccccc3c2)c1OC1CCCCC1. The van der Waals surface area contributed by atoms with Crippen LogP contribution in [-0.2, 0) is 11.2 Å². The minimum atomic E-state index is -0.807. The van der Waals surface area contributed by atoms with Crippen LogP contribution in [0.1, 0.15) is 44.1 Å². The molecule has 1 saturated carbocycles. The lowest BCUT2D eigenvalue weighted by molar-refractivity contribution is -0.136. The molecular formula is C25H27NO3. The topological polar surface area (TPSA) is 72.6 Å². The number of ether oxygens (including phenoxy) is 1. The maximum absolute atomic E-state index is 11.0. The van der Waals surface area contributed by atoms with Crippen LogP contribution in [0.15, 0.2) is 54.6 Å². The zero-order valence-electron chi connectivity index (χ0n) is 16.6. The van der Waals surface area contributed by atoms with Crippen LogP contribution in [0, 0.1) is 0 Å². The van der Waals surface area contributed by atoms with E-state index in [0.717, 1.165) is 40.7 Å². The zero-order chi connectivity index (χ0) is 20.2. The lowest BCUT2D eigenvalue weighted by atomic mass is 9.95. The number of carbonyl (C=O) groups is 1. The van der Waals surface area contributed by atoms with Crippen molar-refractivity contribution in [1.29, 1.82) is 0 Å². The third-order valence-electron chi connectivity index (χ3n) is 5.70. The van der Waals surface area contributed by atoms with E-state index in [-0.39, 0.29) is 12.5 Å². The molecule has 1 aliphatic carbocycles. The van der Waals surface area contributed by atoms with Crippen molar-refractivity contribution in [3.63, 3.8) is 0 Å². The van der Waals surface area contributed by atoms with Gasteiger partial charge in [-0.15, -0.1) is 0 Å². The number of carboxylic acid groups (broad SMARTS) is 1. The van der Waals surface area contributed by atoms with Gasteiger partial charge in [-0.3, -0.25) is 4.79 Å². The number of aryl methyl sites for hydroxylation is 1. The molecule has 3 aromatic carbocycles. The first-order valence-electron chi connectivity index (χ1n) is 10.4. The van der Waals surface area contributed by atoms with E-state index in [1.54, 1.807) is 0 Å². The first-order valence-corrected chi connectivity index (χ1v) is 10.4. The Labute approximate surface area is 171 Å². The first kappa shape index (κ1) is 19.3. The summed E-state index contributed by atoms with van der Waals surface area (Å²) in [6, 6.07) is 18.5. The molecule has 4 rings (SSSR count). The van der Waals surface area contributed by atoms with E-state index in [1.807, 2.05) is 24.3 Å². The van der Waals surface area contributed by atoms with Crippen LogP contribution in [0.3, 0.4) is 0 Å². The molecule has 1 aliphatic rings. The van der Waals surface area contributed by atoms with Crippen LogP contribution in [0.25, 0.3) is 21.9 Å². The van der Waals surface area contributed by atoms with Gasteiger partial charge in [0.2, 0.25) is 0 Å². The summed E-state index contributed by atoms with van der Waals surface area (Å²) in [5.74, 6) is -0.0791. The lowest BCUT2D eigenvalue weighted by Crippen LogP contribution is -2.20. The second kappa shape index (κ2) is 8.56. The van der Waals surface area contributed by atoms with Crippen LogP contribution in [0.5, 0.6) is 5.75 Å². The van der Waals surface area contributed by atoms with Crippen molar-refractivity contribution in [2.75, 3.05) is 5.73 Å². The van der Waals surface area contributed by atoms with Crippen molar-refractivity contribution < 1.29 is 14.6 Å². The van der Waals surface area contributed by atoms with Crippen molar-refractivity contribution in [1.82, 2.24) is 0 Å². The van der Waals surface area contributed by atoms with Gasteiger partial charge in [0.1, 0.15) is 5.75 Å². The Morgan fingerprint density at radius 3 is 2.52 bits per heavy atom. The molecule has 0 bridgehead atoms. The second-order valence-electron chi connectivity index (χ2n) is 7.90. The average Bonchev–Trinajstić information content (AvgIpc) is 2.74. The Kier molecular flexibility index (Phi) is 5.70. The molecule has 4 nitrogen and oxygen atoms in total. The predicted molar refractivity (Wildman–Crippen MR) is 117 cm³/mol. The van der Waals surface area contributed by atoms with Gasteiger partial charge in [-0.25, -0.2) is 0 Å². The summed E-state index contributed by atoms with van der Waals surface area (Å²) < 4.78 is 6.42. The zero-order valence-corrected chi connectivity index (χ0v) is 16.6. The summed E-state index contributed by atoms with van der Waals surface area (Å²) in [4.78, 5) is 11.0. The fourth-order valence-electron chi connectivity index (χ4n) is 4.16. The molecule has 3 N–H and O–H groups in total. The van der Waals surface area contributed by atoms with E-state index in [4.69, 9.17) is 15.6 Å². The minimum Gasteiger partial charge on any atom is -0.488 e. The van der Waals surface area contributed by atoms with Crippen LogP contribution in [0.2, 0.25) is 0 Å². The highest BCUT2D eigenvalue weighted by molar-refractivity contribution is 5.89. The standard InChI is InChI=1S/C25H27NO3/c26-23-15-17(10-13-24(27)28)14-22(25(23)29-21-8-2-1-3-9-21)20-12-11-18-6-4-5-7-19(18)16-20/h4-7,11-12,14-16,21H,1-3,8-10,13,26H2,(H,27,28). The predicted octanol–water partition coefficient (Wildman–Crippen LogP) is 5.82. The fraction of sp³-hybridized carbons (Fsp3) is 0.320. The number of nitrogens with two attached hydrogens (primary N) is 1. The van der Waals surface area contributed by atoms with E-state index in [0.29, 0.717) is 12.1 Å². The van der Waals surface area contributed by atoms with Crippen LogP contribution >= 0.6 is 0 Å². The van der Waals surface area contributed by atoms with Crippen LogP contribution < -0.4 is 10.5 Å². The van der Waals surface area contributed by atoms with Gasteiger partial charge in [-0.05, 0) is 72.2 Å². The summed E-state index contributed by atoms with van der Waals surface area (Å²) >= 11 is 0. The molecule has 0 unspecified atom stereocenters. The van der Waals surface area contributed by atoms with Gasteiger partial charge < -0.3 is 15.6 Å². The molecule has 0 atom stereocenters. The minimum absolute atomic E-state index is 0.0828. The number of anilines is 1. The molecule has 0 aliphatic heterocycles. The summed E-state index contributed by atoms with van der Waals surface area (Å²) in [7, 11) is 0. The highest BCUT2D eigenvalue weighted by Crippen LogP contribution is 2.39. The number of hydrogen-bond donors (Lipinski definition) is 2. The molecule has 0 saturated heterocycles. The van der Waals surface area contributed by atoms with Gasteiger partial charge in [0.25, 0.3) is 0 Å². The molecule has 1 fully saturated rings. The Morgan fingerprint density at radius 1 is 1.00 bits per heavy atom. The third kappa shape index (κ3) is 4.53. The molecule has 0 amide bonds. The Bertz CT molecular complexity index is 1020. The van der Waals surface area contributed by atoms with Crippen molar-refractivity contribution in [3.05, 3.63) is 60.2 Å². The van der Waals surface area contributed by atoms with Gasteiger partial charge >= 0.3 is 5.97 Å². The molecule has 3 aromatic rings. The lowest BCUT2D eigenvalue weighted by Gasteiger charge is -2.26. The molecule has 0 radical (unpaired) electrons. The Hall–Kier alpha value is -3.01. The number of aliphatic carboxylic acids is 1. The summed E-state index contributed by atoms with van der Waals surface area (Å²) in [5, 5.41) is 11.4. The van der Waals surface area contributed by atoms with E-state index >= 15 is 0 Å². The summed E-state index contributed by atoms with van der Waals surface area (Å²) in [5.41, 5.74) is 9.91. The van der Waals surface area contributed by atoms with E-state index in [1.165, 1.54) is 24.6 Å². The first-order chi connectivity index (χ1) is 14.1. The highest BCUT2D eigenvalue weighted by Gasteiger charge is 2.20. The van der Waals surface area contributed by atoms with Crippen LogP contribution in [0.4, 0.5) is 5.69 Å². The number of hydrogen-bond acceptors (Lipinski definition) is 3. The van der Waals surface area contributed by atoms with Gasteiger partial charge in [0, 0.05) is 12.0 Å². The summed E-state index contributed by atoms with van der Waals surface area (Å²) in [6.07, 6.45) is 6.47. The maximum Gasteiger partial charge on any atom is 0.303 e. The van der Waals surface area contributed by atoms with Gasteiger partial charge in [-0.2, -0.15) is 0 Å². The Morgan fingerprint density at radius 2 is 1.76 bits per heavy atom. The monoisotopic (exact) mass is 389 g/mol. The molecule has 150 valence electrons.